The fourth-order valence-electron chi connectivity index (χ4n) is 2.03. The fraction of sp³-hybridized carbons (Fsp3) is 0.333. The van der Waals surface area contributed by atoms with Gasteiger partial charge in [-0.05, 0) is 38.5 Å². The monoisotopic (exact) mass is 291 g/mol. The minimum atomic E-state index is -0.327. The lowest BCUT2D eigenvalue weighted by Gasteiger charge is -2.15. The quantitative estimate of drug-likeness (QED) is 0.910. The third-order valence-corrected chi connectivity index (χ3v) is 3.30. The Kier molecular flexibility index (Phi) is 4.57. The molecule has 5 nitrogen and oxygen atoms in total. The molecule has 2 amide bonds. The average molecular weight is 291 g/mol. The fourth-order valence-corrected chi connectivity index (χ4v) is 2.03. The molecule has 6 heteroatoms. The highest BCUT2D eigenvalue weighted by molar-refractivity contribution is 5.74. The van der Waals surface area contributed by atoms with Crippen molar-refractivity contribution in [3.8, 4) is 0 Å². The molecule has 1 aromatic carbocycles. The van der Waals surface area contributed by atoms with E-state index in [-0.39, 0.29) is 17.9 Å². The molecule has 0 aliphatic carbocycles. The van der Waals surface area contributed by atoms with Crippen LogP contribution in [0.2, 0.25) is 0 Å². The first-order chi connectivity index (χ1) is 9.97. The summed E-state index contributed by atoms with van der Waals surface area (Å²) in [4.78, 5) is 11.9. The number of hydrogen-bond acceptors (Lipinski definition) is 3. The molecule has 2 aromatic rings. The number of rotatable bonds is 4. The van der Waals surface area contributed by atoms with E-state index in [1.54, 1.807) is 26.0 Å². The van der Waals surface area contributed by atoms with Crippen molar-refractivity contribution < 1.29 is 13.7 Å². The van der Waals surface area contributed by atoms with E-state index in [1.807, 2.05) is 6.92 Å². The molecule has 0 unspecified atom stereocenters. The zero-order valence-corrected chi connectivity index (χ0v) is 12.2. The number of urea groups is 1. The molecule has 0 fully saturated rings. The summed E-state index contributed by atoms with van der Waals surface area (Å²) in [6.07, 6.45) is 0. The molecule has 112 valence electrons. The first-order valence-electron chi connectivity index (χ1n) is 6.69. The van der Waals surface area contributed by atoms with Gasteiger partial charge in [-0.15, -0.1) is 0 Å². The first-order valence-corrected chi connectivity index (χ1v) is 6.69. The van der Waals surface area contributed by atoms with Gasteiger partial charge in [0, 0.05) is 12.1 Å². The molecule has 1 atom stereocenters. The maximum atomic E-state index is 13.1. The molecular weight excluding hydrogens is 273 g/mol. The SMILES string of the molecule is Cc1noc(C)c1CNC(=O)N[C@H](C)c1cccc(F)c1. The molecule has 21 heavy (non-hydrogen) atoms. The van der Waals surface area contributed by atoms with Crippen molar-refractivity contribution in [2.45, 2.75) is 33.4 Å². The van der Waals surface area contributed by atoms with Crippen LogP contribution < -0.4 is 10.6 Å². The lowest BCUT2D eigenvalue weighted by molar-refractivity contribution is 0.237. The van der Waals surface area contributed by atoms with Gasteiger partial charge in [-0.2, -0.15) is 0 Å². The van der Waals surface area contributed by atoms with E-state index < -0.39 is 0 Å². The maximum Gasteiger partial charge on any atom is 0.315 e. The second-order valence-electron chi connectivity index (χ2n) is 4.91. The molecule has 0 saturated heterocycles. The van der Waals surface area contributed by atoms with Crippen LogP contribution in [-0.2, 0) is 6.54 Å². The summed E-state index contributed by atoms with van der Waals surface area (Å²) < 4.78 is 18.2. The lowest BCUT2D eigenvalue weighted by Crippen LogP contribution is -2.36. The standard InChI is InChI=1S/C15H18FN3O2/c1-9(12-5-4-6-13(16)7-12)18-15(20)17-8-14-10(2)19-21-11(14)3/h4-7,9H,8H2,1-3H3,(H2,17,18,20)/t9-/m1/s1. The topological polar surface area (TPSA) is 67.2 Å². The summed E-state index contributed by atoms with van der Waals surface area (Å²) in [5, 5.41) is 9.32. The third kappa shape index (κ3) is 3.81. The number of nitrogens with zero attached hydrogens (tertiary/aromatic N) is 1. The van der Waals surface area contributed by atoms with Gasteiger partial charge < -0.3 is 15.2 Å². The van der Waals surface area contributed by atoms with Gasteiger partial charge in [0.15, 0.2) is 0 Å². The second kappa shape index (κ2) is 6.39. The van der Waals surface area contributed by atoms with Gasteiger partial charge in [0.25, 0.3) is 0 Å². The van der Waals surface area contributed by atoms with Gasteiger partial charge in [0.2, 0.25) is 0 Å². The van der Waals surface area contributed by atoms with Crippen LogP contribution in [0.15, 0.2) is 28.8 Å². The van der Waals surface area contributed by atoms with E-state index in [0.717, 1.165) is 11.3 Å². The largest absolute Gasteiger partial charge is 0.361 e. The van der Waals surface area contributed by atoms with E-state index >= 15 is 0 Å². The smallest absolute Gasteiger partial charge is 0.315 e. The van der Waals surface area contributed by atoms with Gasteiger partial charge in [-0.1, -0.05) is 17.3 Å². The number of amides is 2. The summed E-state index contributed by atoms with van der Waals surface area (Å²) >= 11 is 0. The van der Waals surface area contributed by atoms with E-state index in [1.165, 1.54) is 12.1 Å². The van der Waals surface area contributed by atoms with Crippen molar-refractivity contribution in [3.63, 3.8) is 0 Å². The van der Waals surface area contributed by atoms with Crippen molar-refractivity contribution >= 4 is 6.03 Å². The lowest BCUT2D eigenvalue weighted by atomic mass is 10.1. The Bertz CT molecular complexity index is 620. The van der Waals surface area contributed by atoms with Gasteiger partial charge in [-0.25, -0.2) is 9.18 Å². The van der Waals surface area contributed by atoms with Gasteiger partial charge in [0.1, 0.15) is 11.6 Å². The Balaban J connectivity index is 1.90. The van der Waals surface area contributed by atoms with Crippen LogP contribution in [0, 0.1) is 19.7 Å². The summed E-state index contributed by atoms with van der Waals surface area (Å²) in [6.45, 7) is 5.75. The number of aromatic nitrogens is 1. The summed E-state index contributed by atoms with van der Waals surface area (Å²) in [7, 11) is 0. The molecular formula is C15H18FN3O2. The van der Waals surface area contributed by atoms with Crippen LogP contribution in [0.25, 0.3) is 0 Å². The van der Waals surface area contributed by atoms with Crippen molar-refractivity contribution in [2.75, 3.05) is 0 Å². The molecule has 1 heterocycles. The van der Waals surface area contributed by atoms with Crippen molar-refractivity contribution in [3.05, 3.63) is 52.7 Å². The number of carbonyl (C=O) groups excluding carboxylic acids is 1. The molecule has 1 aromatic heterocycles. The molecule has 0 radical (unpaired) electrons. The Hall–Kier alpha value is -2.37. The highest BCUT2D eigenvalue weighted by Crippen LogP contribution is 2.14. The highest BCUT2D eigenvalue weighted by Gasteiger charge is 2.12. The molecule has 0 spiro atoms. The number of carbonyl (C=O) groups is 1. The van der Waals surface area contributed by atoms with Crippen LogP contribution in [0.4, 0.5) is 9.18 Å². The number of hydrogen-bond donors (Lipinski definition) is 2. The van der Waals surface area contributed by atoms with Gasteiger partial charge in [0.05, 0.1) is 11.7 Å². The summed E-state index contributed by atoms with van der Waals surface area (Å²) in [5.41, 5.74) is 2.33. The van der Waals surface area contributed by atoms with Crippen LogP contribution in [0.1, 0.15) is 35.5 Å². The van der Waals surface area contributed by atoms with E-state index in [0.29, 0.717) is 17.9 Å². The Morgan fingerprint density at radius 3 is 2.81 bits per heavy atom. The summed E-state index contributed by atoms with van der Waals surface area (Å²) in [5.74, 6) is 0.364. The van der Waals surface area contributed by atoms with Crippen LogP contribution >= 0.6 is 0 Å². The van der Waals surface area contributed by atoms with E-state index in [2.05, 4.69) is 15.8 Å². The second-order valence-corrected chi connectivity index (χ2v) is 4.91. The molecule has 0 aliphatic rings. The first kappa shape index (κ1) is 15.0. The highest BCUT2D eigenvalue weighted by atomic mass is 19.1. The van der Waals surface area contributed by atoms with Gasteiger partial charge >= 0.3 is 6.03 Å². The minimum absolute atomic E-state index is 0.287. The molecule has 2 N–H and O–H groups in total. The van der Waals surface area contributed by atoms with Crippen LogP contribution in [-0.4, -0.2) is 11.2 Å². The minimum Gasteiger partial charge on any atom is -0.361 e. The van der Waals surface area contributed by atoms with Gasteiger partial charge in [-0.3, -0.25) is 0 Å². The van der Waals surface area contributed by atoms with Crippen molar-refractivity contribution in [2.24, 2.45) is 0 Å². The number of halogens is 1. The average Bonchev–Trinajstić information content (AvgIpc) is 2.76. The molecule has 0 saturated carbocycles. The molecule has 0 bridgehead atoms. The predicted molar refractivity (Wildman–Crippen MR) is 76.2 cm³/mol. The number of aryl methyl sites for hydroxylation is 2. The molecule has 2 rings (SSSR count). The molecule has 0 aliphatic heterocycles. The van der Waals surface area contributed by atoms with E-state index in [4.69, 9.17) is 4.52 Å². The Labute approximate surface area is 122 Å². The van der Waals surface area contributed by atoms with Crippen LogP contribution in [0.3, 0.4) is 0 Å². The zero-order chi connectivity index (χ0) is 15.4. The number of benzene rings is 1. The predicted octanol–water partition coefficient (Wildman–Crippen LogP) is 2.99. The third-order valence-electron chi connectivity index (χ3n) is 3.30. The van der Waals surface area contributed by atoms with E-state index in [9.17, 15) is 9.18 Å². The van der Waals surface area contributed by atoms with Crippen LogP contribution in [0.5, 0.6) is 0 Å². The Morgan fingerprint density at radius 1 is 1.43 bits per heavy atom. The zero-order valence-electron chi connectivity index (χ0n) is 12.2. The summed E-state index contributed by atoms with van der Waals surface area (Å²) in [6, 6.07) is 5.54. The normalized spacial score (nSPS) is 12.0. The van der Waals surface area contributed by atoms with Crippen molar-refractivity contribution in [1.82, 2.24) is 15.8 Å². The maximum absolute atomic E-state index is 13.1. The number of nitrogens with one attached hydrogen (secondary N) is 2. The van der Waals surface area contributed by atoms with Crippen molar-refractivity contribution in [1.29, 1.82) is 0 Å². The Morgan fingerprint density at radius 2 is 2.19 bits per heavy atom.